The van der Waals surface area contributed by atoms with Crippen molar-refractivity contribution in [3.8, 4) is 0 Å². The number of anilines is 1. The molecule has 0 saturated carbocycles. The van der Waals surface area contributed by atoms with Gasteiger partial charge in [-0.25, -0.2) is 0 Å². The van der Waals surface area contributed by atoms with Crippen molar-refractivity contribution in [1.82, 2.24) is 10.2 Å². The molecule has 0 aliphatic carbocycles. The highest BCUT2D eigenvalue weighted by Gasteiger charge is 2.75. The standard InChI is InChI=1S/C21H25BrClN3O4S/c1-9-5-4-6-12(23)15(9)25-19(29)17-21-7-11(22)16(31-21)13(18(28)24-3)14(21)20(30)26(17)10(2)8-27/h4-6,10-11,13-14,16-17,27H,7-8H2,1-3H3,(H,24,28)(H,25,29)/t10-,11?,13+,14+,16+,17?,21?/m1/s1. The molecule has 168 valence electrons. The predicted molar refractivity (Wildman–Crippen MR) is 124 cm³/mol. The van der Waals surface area contributed by atoms with Crippen LogP contribution in [0.1, 0.15) is 18.9 Å². The summed E-state index contributed by atoms with van der Waals surface area (Å²) in [6.07, 6.45) is 0.584. The van der Waals surface area contributed by atoms with Gasteiger partial charge in [-0.1, -0.05) is 39.7 Å². The number of aryl methyl sites for hydroxylation is 1. The van der Waals surface area contributed by atoms with Crippen molar-refractivity contribution in [3.63, 3.8) is 0 Å². The van der Waals surface area contributed by atoms with Crippen LogP contribution in [0, 0.1) is 18.8 Å². The SMILES string of the molecule is CNC(=O)[C@H]1[C@H]2C(=O)N([C@H](C)CO)C(C(=O)Nc3c(C)cccc3Cl)C23CC(Br)[C@@H]1S3. The van der Waals surface area contributed by atoms with Gasteiger partial charge in [0.2, 0.25) is 17.7 Å². The first-order chi connectivity index (χ1) is 14.7. The van der Waals surface area contributed by atoms with Crippen LogP contribution in [0.4, 0.5) is 5.69 Å². The van der Waals surface area contributed by atoms with E-state index in [2.05, 4.69) is 26.6 Å². The Balaban J connectivity index is 1.78. The first-order valence-electron chi connectivity index (χ1n) is 10.2. The second-order valence-electron chi connectivity index (χ2n) is 8.48. The molecule has 3 N–H and O–H groups in total. The molecular formula is C21H25BrClN3O4S. The summed E-state index contributed by atoms with van der Waals surface area (Å²) in [7, 11) is 1.56. The number of para-hydroxylation sites is 1. The monoisotopic (exact) mass is 529 g/mol. The van der Waals surface area contributed by atoms with Gasteiger partial charge in [-0.15, -0.1) is 11.8 Å². The Bertz CT molecular complexity index is 929. The summed E-state index contributed by atoms with van der Waals surface area (Å²) in [5.41, 5.74) is 1.32. The van der Waals surface area contributed by atoms with Crippen molar-refractivity contribution in [2.24, 2.45) is 11.8 Å². The van der Waals surface area contributed by atoms with Crippen LogP contribution in [0.25, 0.3) is 0 Å². The normalized spacial score (nSPS) is 34.6. The maximum absolute atomic E-state index is 13.7. The minimum Gasteiger partial charge on any atom is -0.394 e. The maximum Gasteiger partial charge on any atom is 0.248 e. The van der Waals surface area contributed by atoms with Gasteiger partial charge in [0.25, 0.3) is 0 Å². The van der Waals surface area contributed by atoms with E-state index in [-0.39, 0.29) is 34.4 Å². The number of alkyl halides is 1. The van der Waals surface area contributed by atoms with E-state index in [1.54, 1.807) is 37.9 Å². The minimum atomic E-state index is -0.826. The van der Waals surface area contributed by atoms with E-state index in [4.69, 9.17) is 11.6 Å². The maximum atomic E-state index is 13.7. The molecule has 0 radical (unpaired) electrons. The molecule has 1 aromatic carbocycles. The summed E-state index contributed by atoms with van der Waals surface area (Å²) < 4.78 is -0.754. The number of aliphatic hydroxyl groups is 1. The summed E-state index contributed by atoms with van der Waals surface area (Å²) in [6.45, 7) is 3.29. The lowest BCUT2D eigenvalue weighted by Crippen LogP contribution is -2.55. The highest BCUT2D eigenvalue weighted by atomic mass is 79.9. The van der Waals surface area contributed by atoms with E-state index >= 15 is 0 Å². The number of amides is 3. The lowest BCUT2D eigenvalue weighted by atomic mass is 9.70. The molecular weight excluding hydrogens is 506 g/mol. The summed E-state index contributed by atoms with van der Waals surface area (Å²) >= 11 is 11.6. The largest absolute Gasteiger partial charge is 0.394 e. The highest BCUT2D eigenvalue weighted by molar-refractivity contribution is 9.09. The number of aliphatic hydroxyl groups excluding tert-OH is 1. The molecule has 1 spiro atoms. The van der Waals surface area contributed by atoms with Gasteiger partial charge in [-0.2, -0.15) is 0 Å². The average molecular weight is 531 g/mol. The van der Waals surface area contributed by atoms with Crippen LogP contribution in [0.5, 0.6) is 0 Å². The number of hydrogen-bond donors (Lipinski definition) is 3. The third-order valence-electron chi connectivity index (χ3n) is 6.73. The second kappa shape index (κ2) is 8.24. The molecule has 0 aromatic heterocycles. The van der Waals surface area contributed by atoms with Crippen LogP contribution >= 0.6 is 39.3 Å². The van der Waals surface area contributed by atoms with Gasteiger partial charge < -0.3 is 20.6 Å². The zero-order valence-corrected chi connectivity index (χ0v) is 20.6. The van der Waals surface area contributed by atoms with Gasteiger partial charge in [0.05, 0.1) is 39.9 Å². The molecule has 3 fully saturated rings. The Morgan fingerprint density at radius 2 is 2.13 bits per heavy atom. The number of benzene rings is 1. The van der Waals surface area contributed by atoms with E-state index in [1.807, 2.05) is 13.0 Å². The van der Waals surface area contributed by atoms with Gasteiger partial charge in [-0.05, 0) is 31.9 Å². The zero-order chi connectivity index (χ0) is 22.7. The summed E-state index contributed by atoms with van der Waals surface area (Å²) in [6, 6.07) is 3.97. The number of fused-ring (bicyclic) bond motifs is 1. The molecule has 3 amide bonds. The van der Waals surface area contributed by atoms with Crippen LogP contribution in [-0.4, -0.2) is 68.3 Å². The Morgan fingerprint density at radius 3 is 2.74 bits per heavy atom. The molecule has 3 saturated heterocycles. The number of nitrogens with one attached hydrogen (secondary N) is 2. The topological polar surface area (TPSA) is 98.7 Å². The molecule has 3 unspecified atom stereocenters. The number of thioether (sulfide) groups is 1. The molecule has 31 heavy (non-hydrogen) atoms. The Labute approximate surface area is 198 Å². The van der Waals surface area contributed by atoms with Crippen LogP contribution in [0.2, 0.25) is 5.02 Å². The Hall–Kier alpha value is -1.29. The van der Waals surface area contributed by atoms with Crippen LogP contribution in [0.3, 0.4) is 0 Å². The van der Waals surface area contributed by atoms with Crippen molar-refractivity contribution < 1.29 is 19.5 Å². The summed E-state index contributed by atoms with van der Waals surface area (Å²) in [4.78, 5) is 41.6. The quantitative estimate of drug-likeness (QED) is 0.507. The van der Waals surface area contributed by atoms with Gasteiger partial charge >= 0.3 is 0 Å². The number of carbonyl (C=O) groups is 3. The van der Waals surface area contributed by atoms with Crippen molar-refractivity contribution in [3.05, 3.63) is 28.8 Å². The number of carbonyl (C=O) groups excluding carboxylic acids is 3. The first kappa shape index (κ1) is 22.9. The lowest BCUT2D eigenvalue weighted by molar-refractivity contribution is -0.141. The first-order valence-corrected chi connectivity index (χ1v) is 12.4. The van der Waals surface area contributed by atoms with Gasteiger partial charge in [0, 0.05) is 17.1 Å². The fraction of sp³-hybridized carbons (Fsp3) is 0.571. The van der Waals surface area contributed by atoms with Crippen molar-refractivity contribution in [2.75, 3.05) is 19.0 Å². The van der Waals surface area contributed by atoms with Gasteiger partial charge in [0.15, 0.2) is 0 Å². The third-order valence-corrected chi connectivity index (χ3v) is 10.3. The highest BCUT2D eigenvalue weighted by Crippen LogP contribution is 2.68. The van der Waals surface area contributed by atoms with Crippen molar-refractivity contribution in [1.29, 1.82) is 0 Å². The number of rotatable bonds is 5. The van der Waals surface area contributed by atoms with Crippen molar-refractivity contribution in [2.45, 2.75) is 47.2 Å². The van der Waals surface area contributed by atoms with Gasteiger partial charge in [-0.3, -0.25) is 14.4 Å². The zero-order valence-electron chi connectivity index (χ0n) is 17.4. The van der Waals surface area contributed by atoms with Gasteiger partial charge in [0.1, 0.15) is 6.04 Å². The van der Waals surface area contributed by atoms with E-state index in [0.717, 1.165) is 5.56 Å². The number of halogens is 2. The molecule has 3 heterocycles. The van der Waals surface area contributed by atoms with Crippen LogP contribution in [0.15, 0.2) is 18.2 Å². The number of hydrogen-bond acceptors (Lipinski definition) is 5. The number of nitrogens with zero attached hydrogens (tertiary/aromatic N) is 1. The Kier molecular flexibility index (Phi) is 6.09. The molecule has 4 rings (SSSR count). The molecule has 7 nitrogen and oxygen atoms in total. The Morgan fingerprint density at radius 1 is 1.42 bits per heavy atom. The number of likely N-dealkylation sites (tertiary alicyclic amines) is 1. The lowest BCUT2D eigenvalue weighted by Gasteiger charge is -2.36. The fourth-order valence-electron chi connectivity index (χ4n) is 5.38. The summed E-state index contributed by atoms with van der Waals surface area (Å²) in [5.74, 6) is -1.94. The van der Waals surface area contributed by atoms with E-state index in [9.17, 15) is 19.5 Å². The van der Waals surface area contributed by atoms with E-state index in [1.165, 1.54) is 4.90 Å². The third kappa shape index (κ3) is 3.31. The van der Waals surface area contributed by atoms with E-state index in [0.29, 0.717) is 17.1 Å². The molecule has 10 heteroatoms. The minimum absolute atomic E-state index is 0.00517. The molecule has 3 aliphatic rings. The molecule has 1 aromatic rings. The molecule has 3 aliphatic heterocycles. The summed E-state index contributed by atoms with van der Waals surface area (Å²) in [5, 5.41) is 15.8. The van der Waals surface area contributed by atoms with Crippen LogP contribution < -0.4 is 10.6 Å². The van der Waals surface area contributed by atoms with E-state index < -0.39 is 28.7 Å². The van der Waals surface area contributed by atoms with Crippen LogP contribution in [-0.2, 0) is 14.4 Å². The average Bonchev–Trinajstić information content (AvgIpc) is 3.33. The molecule has 2 bridgehead atoms. The fourth-order valence-corrected chi connectivity index (χ4v) is 9.25. The predicted octanol–water partition coefficient (Wildman–Crippen LogP) is 2.18. The molecule has 7 atom stereocenters. The smallest absolute Gasteiger partial charge is 0.248 e. The van der Waals surface area contributed by atoms with Crippen molar-refractivity contribution >= 4 is 62.7 Å². The second-order valence-corrected chi connectivity index (χ2v) is 11.6.